The topological polar surface area (TPSA) is 117 Å². The van der Waals surface area contributed by atoms with Crippen molar-refractivity contribution >= 4 is 0 Å². The summed E-state index contributed by atoms with van der Waals surface area (Å²) in [5.41, 5.74) is 8.77. The van der Waals surface area contributed by atoms with Crippen molar-refractivity contribution < 1.29 is 14.6 Å². The molecular formula is C18H20N4O3. The Morgan fingerprint density at radius 1 is 1.48 bits per heavy atom. The summed E-state index contributed by atoms with van der Waals surface area (Å²) < 4.78 is 10.7. The van der Waals surface area contributed by atoms with Gasteiger partial charge in [-0.2, -0.15) is 5.26 Å². The number of ether oxygens (including phenoxy) is 2. The predicted octanol–water partition coefficient (Wildman–Crippen LogP) is 2.68. The fraction of sp³-hybridized carbons (Fsp3) is 0.333. The number of hydrogen-bond acceptors (Lipinski definition) is 6. The normalized spacial score (nSPS) is 16.1. The van der Waals surface area contributed by atoms with Crippen molar-refractivity contribution in [3.05, 3.63) is 46.5 Å². The number of methoxy groups -OCH3 is 1. The van der Waals surface area contributed by atoms with Crippen LogP contribution >= 0.6 is 0 Å². The van der Waals surface area contributed by atoms with Crippen molar-refractivity contribution in [3.8, 4) is 23.4 Å². The Bertz CT molecular complexity index is 864. The number of hydrogen-bond donors (Lipinski definition) is 3. The molecule has 1 aliphatic heterocycles. The van der Waals surface area contributed by atoms with Crippen molar-refractivity contribution in [2.45, 2.75) is 32.1 Å². The Morgan fingerprint density at radius 3 is 2.96 bits per heavy atom. The van der Waals surface area contributed by atoms with Crippen LogP contribution in [0, 0.1) is 11.3 Å². The average Bonchev–Trinajstić information content (AvgIpc) is 3.01. The first-order valence-corrected chi connectivity index (χ1v) is 8.12. The Labute approximate surface area is 145 Å². The minimum absolute atomic E-state index is 0.0346. The number of nitrogens with two attached hydrogens (primary N) is 1. The van der Waals surface area contributed by atoms with Crippen molar-refractivity contribution in [3.63, 3.8) is 0 Å². The molecule has 3 rings (SSSR count). The van der Waals surface area contributed by atoms with E-state index in [4.69, 9.17) is 15.2 Å². The van der Waals surface area contributed by atoms with Crippen LogP contribution in [-0.4, -0.2) is 22.4 Å². The molecule has 0 radical (unpaired) electrons. The average molecular weight is 340 g/mol. The lowest BCUT2D eigenvalue weighted by atomic mass is 9.83. The standard InChI is InChI=1S/C18H20N4O3/c1-3-4-5-12-16-15(10-6-7-13(23)14(8-10)24-2)11(9-19)17(20)25-18(16)22-21-12/h6-8,15,23H,3-5,20H2,1-2H3,(H,21,22)/t15-/m1/s1. The molecular weight excluding hydrogens is 320 g/mol. The van der Waals surface area contributed by atoms with Crippen molar-refractivity contribution in [2.24, 2.45) is 5.73 Å². The molecule has 0 spiro atoms. The molecule has 0 fully saturated rings. The van der Waals surface area contributed by atoms with Gasteiger partial charge in [0.25, 0.3) is 0 Å². The number of allylic oxidation sites excluding steroid dienone is 1. The first-order valence-electron chi connectivity index (χ1n) is 8.12. The number of fused-ring (bicyclic) bond motifs is 1. The van der Waals surface area contributed by atoms with Gasteiger partial charge >= 0.3 is 0 Å². The van der Waals surface area contributed by atoms with Crippen LogP contribution in [0.2, 0.25) is 0 Å². The number of nitrogens with one attached hydrogen (secondary N) is 1. The van der Waals surface area contributed by atoms with E-state index in [-0.39, 0.29) is 11.6 Å². The Morgan fingerprint density at radius 2 is 2.28 bits per heavy atom. The molecule has 1 aliphatic rings. The lowest BCUT2D eigenvalue weighted by Gasteiger charge is -2.24. The van der Waals surface area contributed by atoms with Gasteiger partial charge in [0.05, 0.1) is 13.0 Å². The number of nitrogens with zero attached hydrogens (tertiary/aromatic N) is 2. The second kappa shape index (κ2) is 6.77. The second-order valence-electron chi connectivity index (χ2n) is 5.88. The molecule has 0 saturated heterocycles. The lowest BCUT2D eigenvalue weighted by molar-refractivity contribution is 0.370. The van der Waals surface area contributed by atoms with E-state index < -0.39 is 5.92 Å². The van der Waals surface area contributed by atoms with Crippen LogP contribution in [0.25, 0.3) is 0 Å². The largest absolute Gasteiger partial charge is 0.504 e. The van der Waals surface area contributed by atoms with Gasteiger partial charge in [0.1, 0.15) is 11.6 Å². The van der Waals surface area contributed by atoms with Crippen LogP contribution in [-0.2, 0) is 6.42 Å². The molecule has 0 bridgehead atoms. The van der Waals surface area contributed by atoms with Crippen molar-refractivity contribution in [2.75, 3.05) is 7.11 Å². The van der Waals surface area contributed by atoms with Gasteiger partial charge in [-0.1, -0.05) is 19.4 Å². The maximum atomic E-state index is 9.86. The maximum Gasteiger partial charge on any atom is 0.244 e. The summed E-state index contributed by atoms with van der Waals surface area (Å²) in [5, 5.41) is 26.7. The smallest absolute Gasteiger partial charge is 0.244 e. The van der Waals surface area contributed by atoms with E-state index in [0.29, 0.717) is 17.2 Å². The maximum absolute atomic E-state index is 9.86. The fourth-order valence-electron chi connectivity index (χ4n) is 3.06. The number of nitriles is 1. The molecule has 2 aromatic rings. The predicted molar refractivity (Wildman–Crippen MR) is 91.2 cm³/mol. The molecule has 25 heavy (non-hydrogen) atoms. The van der Waals surface area contributed by atoms with Crippen molar-refractivity contribution in [1.82, 2.24) is 10.2 Å². The molecule has 4 N–H and O–H groups in total. The molecule has 1 aromatic carbocycles. The minimum Gasteiger partial charge on any atom is -0.504 e. The summed E-state index contributed by atoms with van der Waals surface area (Å²) in [5.74, 6) is 0.376. The van der Waals surface area contributed by atoms with Crippen LogP contribution in [0.1, 0.15) is 42.5 Å². The van der Waals surface area contributed by atoms with Gasteiger partial charge in [-0.15, -0.1) is 5.10 Å². The van der Waals surface area contributed by atoms with Crippen molar-refractivity contribution in [1.29, 1.82) is 5.26 Å². The number of H-pyrrole nitrogens is 1. The number of aryl methyl sites for hydroxylation is 1. The summed E-state index contributed by atoms with van der Waals surface area (Å²) in [4.78, 5) is 0. The van der Waals surface area contributed by atoms with Gasteiger partial charge in [-0.05, 0) is 30.5 Å². The molecule has 1 atom stereocenters. The number of rotatable bonds is 5. The van der Waals surface area contributed by atoms with Gasteiger partial charge in [0.15, 0.2) is 11.5 Å². The van der Waals surface area contributed by atoms with Crippen LogP contribution in [0.4, 0.5) is 0 Å². The number of aromatic hydroxyl groups is 1. The number of aromatic nitrogens is 2. The van der Waals surface area contributed by atoms with Gasteiger partial charge in [-0.25, -0.2) is 0 Å². The summed E-state index contributed by atoms with van der Waals surface area (Å²) in [6.45, 7) is 2.11. The molecule has 130 valence electrons. The molecule has 2 heterocycles. The molecule has 0 aliphatic carbocycles. The quantitative estimate of drug-likeness (QED) is 0.770. The summed E-state index contributed by atoms with van der Waals surface area (Å²) in [7, 11) is 1.48. The van der Waals surface area contributed by atoms with Gasteiger partial charge in [0.2, 0.25) is 11.8 Å². The third-order valence-electron chi connectivity index (χ3n) is 4.34. The lowest BCUT2D eigenvalue weighted by Crippen LogP contribution is -2.21. The van der Waals surface area contributed by atoms with E-state index in [9.17, 15) is 10.4 Å². The molecule has 0 amide bonds. The third-order valence-corrected chi connectivity index (χ3v) is 4.34. The zero-order valence-corrected chi connectivity index (χ0v) is 14.2. The Kier molecular flexibility index (Phi) is 4.52. The number of benzene rings is 1. The van der Waals surface area contributed by atoms with Crippen LogP contribution in [0.5, 0.6) is 17.4 Å². The molecule has 1 aromatic heterocycles. The van der Waals surface area contributed by atoms with Crippen LogP contribution in [0.15, 0.2) is 29.7 Å². The minimum atomic E-state index is -0.422. The highest BCUT2D eigenvalue weighted by molar-refractivity contribution is 5.57. The van der Waals surface area contributed by atoms with E-state index in [2.05, 4.69) is 23.2 Å². The zero-order valence-electron chi connectivity index (χ0n) is 14.2. The van der Waals surface area contributed by atoms with Gasteiger partial charge in [-0.3, -0.25) is 5.10 Å². The summed E-state index contributed by atoms with van der Waals surface area (Å²) >= 11 is 0. The van der Waals surface area contributed by atoms with E-state index in [0.717, 1.165) is 36.1 Å². The Hall–Kier alpha value is -3.14. The Balaban J connectivity index is 2.16. The fourth-order valence-corrected chi connectivity index (χ4v) is 3.06. The molecule has 7 nitrogen and oxygen atoms in total. The van der Waals surface area contributed by atoms with Gasteiger partial charge < -0.3 is 20.3 Å². The summed E-state index contributed by atoms with van der Waals surface area (Å²) in [6, 6.07) is 7.15. The number of phenolic OH excluding ortho intramolecular Hbond substituents is 1. The SMILES string of the molecule is CCCCc1[nH]nc2c1[C@H](c1ccc(O)c(OC)c1)C(C#N)=C(N)O2. The first kappa shape index (κ1) is 16.7. The highest BCUT2D eigenvalue weighted by Crippen LogP contribution is 2.44. The van der Waals surface area contributed by atoms with Crippen LogP contribution < -0.4 is 15.2 Å². The van der Waals surface area contributed by atoms with E-state index in [1.54, 1.807) is 18.2 Å². The number of unbranched alkanes of at least 4 members (excludes halogenated alkanes) is 1. The van der Waals surface area contributed by atoms with E-state index >= 15 is 0 Å². The molecule has 0 unspecified atom stereocenters. The summed E-state index contributed by atoms with van der Waals surface area (Å²) in [6.07, 6.45) is 2.82. The number of aromatic amines is 1. The zero-order chi connectivity index (χ0) is 18.0. The highest BCUT2D eigenvalue weighted by atomic mass is 16.5. The van der Waals surface area contributed by atoms with E-state index in [1.165, 1.54) is 7.11 Å². The molecule has 0 saturated carbocycles. The van der Waals surface area contributed by atoms with Crippen LogP contribution in [0.3, 0.4) is 0 Å². The monoisotopic (exact) mass is 340 g/mol. The molecule has 7 heteroatoms. The van der Waals surface area contributed by atoms with Gasteiger partial charge in [0, 0.05) is 11.3 Å². The highest BCUT2D eigenvalue weighted by Gasteiger charge is 2.35. The van der Waals surface area contributed by atoms with E-state index in [1.807, 2.05) is 0 Å². The first-order chi connectivity index (χ1) is 12.1. The second-order valence-corrected chi connectivity index (χ2v) is 5.88. The third kappa shape index (κ3) is 2.87. The number of phenols is 1.